The molecule has 4 rings (SSSR count). The number of rotatable bonds is 3. The SMILES string of the molecule is Cn1ccc2cc(-n3c(O)nnc3-c3ccc(C(=O)O)cc3O)ccc21. The van der Waals surface area contributed by atoms with E-state index in [4.69, 9.17) is 5.11 Å². The summed E-state index contributed by atoms with van der Waals surface area (Å²) in [4.78, 5) is 11.0. The van der Waals surface area contributed by atoms with Crippen LogP contribution in [0.3, 0.4) is 0 Å². The van der Waals surface area contributed by atoms with Crippen molar-refractivity contribution in [3.63, 3.8) is 0 Å². The molecular formula is C18H14N4O4. The molecule has 8 heteroatoms. The zero-order chi connectivity index (χ0) is 18.4. The standard InChI is InChI=1S/C18H14N4O4/c1-21-7-6-10-8-12(3-5-14(10)21)22-16(19-20-18(22)26)13-4-2-11(17(24)25)9-15(13)23/h2-9,23H,1H3,(H,20,26)(H,24,25). The van der Waals surface area contributed by atoms with Crippen LogP contribution in [0, 0.1) is 0 Å². The number of carbonyl (C=O) groups is 1. The number of benzene rings is 2. The minimum atomic E-state index is -1.15. The number of aromatic hydroxyl groups is 2. The van der Waals surface area contributed by atoms with E-state index in [-0.39, 0.29) is 28.7 Å². The zero-order valence-corrected chi connectivity index (χ0v) is 13.7. The van der Waals surface area contributed by atoms with Crippen LogP contribution in [0.1, 0.15) is 10.4 Å². The molecule has 3 N–H and O–H groups in total. The topological polar surface area (TPSA) is 113 Å². The second-order valence-corrected chi connectivity index (χ2v) is 5.87. The van der Waals surface area contributed by atoms with Crippen LogP contribution < -0.4 is 0 Å². The minimum absolute atomic E-state index is 0.0488. The average Bonchev–Trinajstić information content (AvgIpc) is 3.17. The van der Waals surface area contributed by atoms with Gasteiger partial charge >= 0.3 is 12.0 Å². The number of hydrogen-bond donors (Lipinski definition) is 3. The highest BCUT2D eigenvalue weighted by molar-refractivity contribution is 5.89. The van der Waals surface area contributed by atoms with Crippen LogP contribution in [-0.4, -0.2) is 40.6 Å². The van der Waals surface area contributed by atoms with Gasteiger partial charge in [0.25, 0.3) is 0 Å². The summed E-state index contributed by atoms with van der Waals surface area (Å²) < 4.78 is 3.37. The van der Waals surface area contributed by atoms with Crippen LogP contribution in [0.15, 0.2) is 48.7 Å². The molecule has 0 aliphatic rings. The second-order valence-electron chi connectivity index (χ2n) is 5.87. The fourth-order valence-electron chi connectivity index (χ4n) is 2.95. The van der Waals surface area contributed by atoms with E-state index in [1.165, 1.54) is 16.7 Å². The molecule has 8 nitrogen and oxygen atoms in total. The van der Waals surface area contributed by atoms with Crippen molar-refractivity contribution in [2.45, 2.75) is 0 Å². The Morgan fingerprint density at radius 1 is 1.04 bits per heavy atom. The third kappa shape index (κ3) is 2.35. The lowest BCUT2D eigenvalue weighted by atomic mass is 10.1. The number of hydrogen-bond acceptors (Lipinski definition) is 5. The van der Waals surface area contributed by atoms with Gasteiger partial charge in [0.15, 0.2) is 5.82 Å². The highest BCUT2D eigenvalue weighted by Gasteiger charge is 2.19. The lowest BCUT2D eigenvalue weighted by Crippen LogP contribution is -2.00. The molecule has 4 aromatic rings. The van der Waals surface area contributed by atoms with Crippen molar-refractivity contribution in [1.29, 1.82) is 0 Å². The van der Waals surface area contributed by atoms with Gasteiger partial charge in [-0.3, -0.25) is 0 Å². The van der Waals surface area contributed by atoms with Crippen LogP contribution in [0.5, 0.6) is 11.8 Å². The molecule has 0 radical (unpaired) electrons. The van der Waals surface area contributed by atoms with Gasteiger partial charge < -0.3 is 19.9 Å². The Morgan fingerprint density at radius 2 is 1.85 bits per heavy atom. The van der Waals surface area contributed by atoms with Crippen LogP contribution in [0.4, 0.5) is 0 Å². The molecule has 26 heavy (non-hydrogen) atoms. The molecule has 0 amide bonds. The Kier molecular flexibility index (Phi) is 3.40. The van der Waals surface area contributed by atoms with Crippen molar-refractivity contribution in [3.8, 4) is 28.8 Å². The highest BCUT2D eigenvalue weighted by Crippen LogP contribution is 2.33. The number of nitrogens with zero attached hydrogens (tertiary/aromatic N) is 4. The maximum Gasteiger partial charge on any atom is 0.335 e. The number of carboxylic acids is 1. The molecule has 130 valence electrons. The molecular weight excluding hydrogens is 336 g/mol. The van der Waals surface area contributed by atoms with Crippen molar-refractivity contribution in [3.05, 3.63) is 54.2 Å². The van der Waals surface area contributed by atoms with Crippen LogP contribution in [0.25, 0.3) is 28.0 Å². The second kappa shape index (κ2) is 5.62. The van der Waals surface area contributed by atoms with E-state index in [2.05, 4.69) is 10.2 Å². The Balaban J connectivity index is 1.89. The molecule has 0 saturated carbocycles. The third-order valence-electron chi connectivity index (χ3n) is 4.26. The number of carboxylic acid groups (broad SMARTS) is 1. The van der Waals surface area contributed by atoms with Crippen molar-refractivity contribution in [1.82, 2.24) is 19.3 Å². The van der Waals surface area contributed by atoms with Crippen LogP contribution in [-0.2, 0) is 7.05 Å². The summed E-state index contributed by atoms with van der Waals surface area (Å²) in [5, 5.41) is 38.0. The van der Waals surface area contributed by atoms with Gasteiger partial charge in [0.1, 0.15) is 5.75 Å². The Bertz CT molecular complexity index is 1160. The zero-order valence-electron chi connectivity index (χ0n) is 13.7. The van der Waals surface area contributed by atoms with E-state index in [0.717, 1.165) is 17.0 Å². The molecule has 2 aromatic carbocycles. The molecule has 0 aliphatic heterocycles. The predicted molar refractivity (Wildman–Crippen MR) is 93.6 cm³/mol. The van der Waals surface area contributed by atoms with Crippen LogP contribution >= 0.6 is 0 Å². The molecule has 0 spiro atoms. The summed E-state index contributed by atoms with van der Waals surface area (Å²) in [6, 6.07) is 11.1. The summed E-state index contributed by atoms with van der Waals surface area (Å²) in [6.45, 7) is 0. The van der Waals surface area contributed by atoms with E-state index in [9.17, 15) is 15.0 Å². The molecule has 0 bridgehead atoms. The molecule has 2 heterocycles. The number of phenolic OH excluding ortho intramolecular Hbond substituents is 1. The maximum absolute atomic E-state index is 11.0. The number of aromatic carboxylic acids is 1. The molecule has 2 aromatic heterocycles. The lowest BCUT2D eigenvalue weighted by molar-refractivity contribution is 0.0696. The number of phenols is 1. The fourth-order valence-corrected chi connectivity index (χ4v) is 2.95. The molecule has 0 atom stereocenters. The first kappa shape index (κ1) is 15.7. The van der Waals surface area contributed by atoms with Gasteiger partial charge in [-0.15, -0.1) is 5.10 Å². The van der Waals surface area contributed by atoms with Gasteiger partial charge in [-0.2, -0.15) is 0 Å². The molecule has 0 saturated heterocycles. The van der Waals surface area contributed by atoms with Crippen molar-refractivity contribution < 1.29 is 20.1 Å². The maximum atomic E-state index is 11.0. The number of aromatic nitrogens is 4. The normalized spacial score (nSPS) is 11.1. The van der Waals surface area contributed by atoms with Crippen LogP contribution in [0.2, 0.25) is 0 Å². The molecule has 0 unspecified atom stereocenters. The van der Waals surface area contributed by atoms with E-state index in [1.54, 1.807) is 6.07 Å². The first-order valence-corrected chi connectivity index (χ1v) is 7.72. The van der Waals surface area contributed by atoms with Gasteiger partial charge in [0.05, 0.1) is 16.8 Å². The summed E-state index contributed by atoms with van der Waals surface area (Å²) in [5.41, 5.74) is 1.85. The Hall–Kier alpha value is -3.81. The third-order valence-corrected chi connectivity index (χ3v) is 4.26. The van der Waals surface area contributed by atoms with E-state index in [0.29, 0.717) is 5.69 Å². The monoisotopic (exact) mass is 350 g/mol. The van der Waals surface area contributed by atoms with E-state index >= 15 is 0 Å². The van der Waals surface area contributed by atoms with Gasteiger partial charge in [-0.25, -0.2) is 9.36 Å². The first-order valence-electron chi connectivity index (χ1n) is 7.72. The minimum Gasteiger partial charge on any atom is -0.507 e. The number of aryl methyl sites for hydroxylation is 1. The smallest absolute Gasteiger partial charge is 0.335 e. The van der Waals surface area contributed by atoms with Gasteiger partial charge in [0.2, 0.25) is 0 Å². The predicted octanol–water partition coefficient (Wildman–Crippen LogP) is 2.54. The van der Waals surface area contributed by atoms with E-state index < -0.39 is 5.97 Å². The highest BCUT2D eigenvalue weighted by atomic mass is 16.4. The molecule has 0 aliphatic carbocycles. The molecule has 0 fully saturated rings. The fraction of sp³-hybridized carbons (Fsp3) is 0.0556. The summed E-state index contributed by atoms with van der Waals surface area (Å²) in [6.07, 6.45) is 1.93. The van der Waals surface area contributed by atoms with E-state index in [1.807, 2.05) is 36.0 Å². The Labute approximate surface area is 147 Å². The van der Waals surface area contributed by atoms with Crippen molar-refractivity contribution >= 4 is 16.9 Å². The Morgan fingerprint density at radius 3 is 2.58 bits per heavy atom. The summed E-state index contributed by atoms with van der Waals surface area (Å²) in [5.74, 6) is -1.21. The van der Waals surface area contributed by atoms with Gasteiger partial charge in [-0.1, -0.05) is 5.10 Å². The first-order chi connectivity index (χ1) is 12.5. The van der Waals surface area contributed by atoms with Gasteiger partial charge in [0, 0.05) is 24.1 Å². The van der Waals surface area contributed by atoms with Crippen molar-refractivity contribution in [2.24, 2.45) is 7.05 Å². The lowest BCUT2D eigenvalue weighted by Gasteiger charge is -2.10. The quantitative estimate of drug-likeness (QED) is 0.523. The average molecular weight is 350 g/mol. The summed E-state index contributed by atoms with van der Waals surface area (Å²) in [7, 11) is 1.94. The number of fused-ring (bicyclic) bond motifs is 1. The van der Waals surface area contributed by atoms with Gasteiger partial charge in [-0.05, 0) is 42.5 Å². The van der Waals surface area contributed by atoms with Crippen molar-refractivity contribution in [2.75, 3.05) is 0 Å². The summed E-state index contributed by atoms with van der Waals surface area (Å²) >= 11 is 0. The largest absolute Gasteiger partial charge is 0.507 e.